The van der Waals surface area contributed by atoms with Crippen molar-refractivity contribution in [3.63, 3.8) is 0 Å². The van der Waals surface area contributed by atoms with E-state index in [2.05, 4.69) is 4.98 Å². The number of aromatic nitrogens is 1. The Labute approximate surface area is 113 Å². The number of hydrogen-bond donors (Lipinski definition) is 2. The van der Waals surface area contributed by atoms with E-state index in [9.17, 15) is 9.59 Å². The molecule has 0 bridgehead atoms. The van der Waals surface area contributed by atoms with E-state index in [-0.39, 0.29) is 18.9 Å². The summed E-state index contributed by atoms with van der Waals surface area (Å²) >= 11 is 6.25. The number of carboxylic acids is 1. The maximum absolute atomic E-state index is 12.0. The number of carbonyl (C=O) groups excluding carboxylic acids is 1. The minimum absolute atomic E-state index is 0.109. The minimum Gasteiger partial charge on any atom is -0.481 e. The lowest BCUT2D eigenvalue weighted by Crippen LogP contribution is -2.30. The van der Waals surface area contributed by atoms with Crippen molar-refractivity contribution in [3.8, 4) is 0 Å². The molecule has 1 saturated heterocycles. The van der Waals surface area contributed by atoms with Crippen LogP contribution < -0.4 is 0 Å². The molecule has 1 fully saturated rings. The number of thioether (sulfide) groups is 1. The summed E-state index contributed by atoms with van der Waals surface area (Å²) in [6.45, 7) is 0.113. The summed E-state index contributed by atoms with van der Waals surface area (Å²) in [5.41, 5.74) is 0.814. The Bertz CT molecular complexity index is 522. The number of amides is 1. The monoisotopic (exact) mass is 282 g/mol. The summed E-state index contributed by atoms with van der Waals surface area (Å²) in [5.74, 6) is -1.18. The standard InChI is InChI=1S/C11H10N2O3S2/c14-9(15)3-5-13-10(16)8(18-11(13)17)6-7-2-1-4-12-7/h1-2,4,6,12H,3,5H2,(H,14,15)/b8-6+. The van der Waals surface area contributed by atoms with E-state index in [4.69, 9.17) is 17.3 Å². The average Bonchev–Trinajstić information content (AvgIpc) is 2.88. The third kappa shape index (κ3) is 2.80. The van der Waals surface area contributed by atoms with Crippen LogP contribution in [-0.2, 0) is 9.59 Å². The van der Waals surface area contributed by atoms with Crippen LogP contribution in [0.25, 0.3) is 6.08 Å². The van der Waals surface area contributed by atoms with Gasteiger partial charge in [-0.3, -0.25) is 14.5 Å². The molecule has 2 rings (SSSR count). The van der Waals surface area contributed by atoms with Crippen molar-refractivity contribution in [3.05, 3.63) is 28.9 Å². The maximum Gasteiger partial charge on any atom is 0.305 e. The molecule has 1 amide bonds. The number of H-pyrrole nitrogens is 1. The molecule has 1 aromatic rings. The van der Waals surface area contributed by atoms with Crippen LogP contribution >= 0.6 is 24.0 Å². The van der Waals surface area contributed by atoms with Crippen LogP contribution in [0.1, 0.15) is 12.1 Å². The molecule has 2 heterocycles. The van der Waals surface area contributed by atoms with Crippen LogP contribution in [-0.4, -0.2) is 37.7 Å². The molecule has 94 valence electrons. The molecule has 0 atom stereocenters. The van der Waals surface area contributed by atoms with Crippen LogP contribution in [0.15, 0.2) is 23.2 Å². The van der Waals surface area contributed by atoms with E-state index in [0.29, 0.717) is 9.23 Å². The number of rotatable bonds is 4. The van der Waals surface area contributed by atoms with Crippen molar-refractivity contribution in [2.45, 2.75) is 6.42 Å². The van der Waals surface area contributed by atoms with Gasteiger partial charge in [-0.2, -0.15) is 0 Å². The quantitative estimate of drug-likeness (QED) is 0.649. The predicted octanol–water partition coefficient (Wildman–Crippen LogP) is 1.69. The highest BCUT2D eigenvalue weighted by molar-refractivity contribution is 8.26. The SMILES string of the molecule is O=C(O)CCN1C(=O)/C(=C\c2ccc[nH]2)SC1=S. The molecule has 0 spiro atoms. The highest BCUT2D eigenvalue weighted by Gasteiger charge is 2.32. The molecule has 1 aromatic heterocycles. The smallest absolute Gasteiger partial charge is 0.305 e. The molecule has 0 radical (unpaired) electrons. The van der Waals surface area contributed by atoms with Crippen molar-refractivity contribution in [1.82, 2.24) is 9.88 Å². The number of aromatic amines is 1. The molecule has 0 aromatic carbocycles. The third-order valence-corrected chi connectivity index (χ3v) is 3.71. The second kappa shape index (κ2) is 5.36. The summed E-state index contributed by atoms with van der Waals surface area (Å²) in [7, 11) is 0. The van der Waals surface area contributed by atoms with Gasteiger partial charge in [0, 0.05) is 18.4 Å². The average molecular weight is 282 g/mol. The topological polar surface area (TPSA) is 73.4 Å². The van der Waals surface area contributed by atoms with E-state index in [1.54, 1.807) is 12.3 Å². The first-order valence-electron chi connectivity index (χ1n) is 5.18. The van der Waals surface area contributed by atoms with Gasteiger partial charge in [0.15, 0.2) is 0 Å². The highest BCUT2D eigenvalue weighted by atomic mass is 32.2. The summed E-state index contributed by atoms with van der Waals surface area (Å²) in [6.07, 6.45) is 3.36. The van der Waals surface area contributed by atoms with Crippen molar-refractivity contribution in [1.29, 1.82) is 0 Å². The van der Waals surface area contributed by atoms with E-state index >= 15 is 0 Å². The summed E-state index contributed by atoms with van der Waals surface area (Å²) in [5, 5.41) is 8.61. The van der Waals surface area contributed by atoms with Crippen molar-refractivity contribution >= 4 is 46.3 Å². The Morgan fingerprint density at radius 3 is 3.00 bits per heavy atom. The molecule has 7 heteroatoms. The third-order valence-electron chi connectivity index (χ3n) is 2.33. The number of hydrogen-bond acceptors (Lipinski definition) is 4. The van der Waals surface area contributed by atoms with Crippen LogP contribution in [0.3, 0.4) is 0 Å². The zero-order chi connectivity index (χ0) is 13.1. The molecule has 5 nitrogen and oxygen atoms in total. The second-order valence-corrected chi connectivity index (χ2v) is 5.28. The van der Waals surface area contributed by atoms with Gasteiger partial charge in [0.05, 0.1) is 11.3 Å². The van der Waals surface area contributed by atoms with Gasteiger partial charge >= 0.3 is 5.97 Å². The van der Waals surface area contributed by atoms with Gasteiger partial charge in [0.2, 0.25) is 0 Å². The highest BCUT2D eigenvalue weighted by Crippen LogP contribution is 2.32. The molecular formula is C11H10N2O3S2. The Hall–Kier alpha value is -1.60. The van der Waals surface area contributed by atoms with E-state index < -0.39 is 5.97 Å². The Morgan fingerprint density at radius 2 is 2.39 bits per heavy atom. The van der Waals surface area contributed by atoms with Gasteiger partial charge in [0.1, 0.15) is 4.32 Å². The largest absolute Gasteiger partial charge is 0.481 e. The zero-order valence-electron chi connectivity index (χ0n) is 9.25. The molecule has 0 unspecified atom stereocenters. The number of carboxylic acid groups (broad SMARTS) is 1. The zero-order valence-corrected chi connectivity index (χ0v) is 10.9. The fourth-order valence-corrected chi connectivity index (χ4v) is 2.77. The van der Waals surface area contributed by atoms with Crippen LogP contribution in [0.4, 0.5) is 0 Å². The summed E-state index contributed by atoms with van der Waals surface area (Å²) in [6, 6.07) is 3.67. The number of aliphatic carboxylic acids is 1. The molecular weight excluding hydrogens is 272 g/mol. The number of thiocarbonyl (C=S) groups is 1. The van der Waals surface area contributed by atoms with Gasteiger partial charge in [-0.15, -0.1) is 0 Å². The number of carbonyl (C=O) groups is 2. The fraction of sp³-hybridized carbons (Fsp3) is 0.182. The molecule has 18 heavy (non-hydrogen) atoms. The fourth-order valence-electron chi connectivity index (χ4n) is 1.48. The van der Waals surface area contributed by atoms with Crippen LogP contribution in [0.2, 0.25) is 0 Å². The lowest BCUT2D eigenvalue weighted by molar-refractivity contribution is -0.137. The molecule has 0 saturated carbocycles. The Morgan fingerprint density at radius 1 is 1.61 bits per heavy atom. The van der Waals surface area contributed by atoms with Gasteiger partial charge in [0.25, 0.3) is 5.91 Å². The number of nitrogens with zero attached hydrogens (tertiary/aromatic N) is 1. The first kappa shape index (κ1) is 12.8. The summed E-state index contributed by atoms with van der Waals surface area (Å²) < 4.78 is 0.402. The second-order valence-electron chi connectivity index (χ2n) is 3.60. The van der Waals surface area contributed by atoms with E-state index in [0.717, 1.165) is 5.69 Å². The van der Waals surface area contributed by atoms with E-state index in [1.807, 2.05) is 12.1 Å². The van der Waals surface area contributed by atoms with Crippen molar-refractivity contribution in [2.75, 3.05) is 6.54 Å². The van der Waals surface area contributed by atoms with Crippen LogP contribution in [0.5, 0.6) is 0 Å². The Kier molecular flexibility index (Phi) is 3.83. The predicted molar refractivity (Wildman–Crippen MR) is 72.9 cm³/mol. The normalized spacial score (nSPS) is 17.8. The summed E-state index contributed by atoms with van der Waals surface area (Å²) in [4.78, 5) is 27.3. The maximum atomic E-state index is 12.0. The van der Waals surface area contributed by atoms with E-state index in [1.165, 1.54) is 16.7 Å². The van der Waals surface area contributed by atoms with Crippen LogP contribution in [0, 0.1) is 0 Å². The number of nitrogens with one attached hydrogen (secondary N) is 1. The molecule has 1 aliphatic rings. The molecule has 0 aliphatic carbocycles. The first-order valence-corrected chi connectivity index (χ1v) is 6.41. The molecule has 1 aliphatic heterocycles. The minimum atomic E-state index is -0.947. The van der Waals surface area contributed by atoms with Crippen molar-refractivity contribution < 1.29 is 14.7 Å². The molecule has 2 N–H and O–H groups in total. The lowest BCUT2D eigenvalue weighted by Gasteiger charge is -2.12. The van der Waals surface area contributed by atoms with Gasteiger partial charge in [-0.05, 0) is 18.2 Å². The van der Waals surface area contributed by atoms with Gasteiger partial charge < -0.3 is 10.1 Å². The van der Waals surface area contributed by atoms with Crippen molar-refractivity contribution in [2.24, 2.45) is 0 Å². The first-order chi connectivity index (χ1) is 8.58. The Balaban J connectivity index is 2.11. The lowest BCUT2D eigenvalue weighted by atomic mass is 10.3. The van der Waals surface area contributed by atoms with Gasteiger partial charge in [-0.1, -0.05) is 24.0 Å². The van der Waals surface area contributed by atoms with Gasteiger partial charge in [-0.25, -0.2) is 0 Å².